The number of pyridine rings is 2. The molecule has 21 aliphatic heterocycles. The van der Waals surface area contributed by atoms with Crippen LogP contribution < -0.4 is 16.0 Å². The van der Waals surface area contributed by atoms with Gasteiger partial charge in [0.25, 0.3) is 0 Å². The molecule has 14 unspecified atom stereocenters. The largest absolute Gasteiger partial charge is 0.394 e. The minimum absolute atomic E-state index is 0.0197. The lowest BCUT2D eigenvalue weighted by Crippen LogP contribution is -2.68. The molecule has 21 saturated heterocycles. The summed E-state index contributed by atoms with van der Waals surface area (Å²) in [5.74, 6) is -2.37. The SMILES string of the molecule is CN[C@H](CSCC1O[C@H]2O[C@H]3CC(O)[C@H](OC3CO)O[C@@H]3C(CO)O[C@H](O[C@@H]4C(CO)O[C@H](O[C@@H]5C(CSC[C@@H](CC(=O)CCOCCOCCC(C)=O)C(=O)NCCSSc6ccccn6)O[C@H](O[C@@H]6C(CO)O[C@@H](O[C@@H]7C(CO)O[C@@H](O[C@H]1[C@H](O)C2O)C(O)[C@H]7O)C(O)[C@H]6O)C(O)[C@H]5O)C(O)[C@H]4O)C(O)[C@H]3O)C(=O)NCCSSc1ccccn1. The van der Waals surface area contributed by atoms with Crippen molar-refractivity contribution >= 4 is 90.1 Å². The van der Waals surface area contributed by atoms with E-state index in [1.807, 2.05) is 18.2 Å². The number of carbonyl (C=O) groups is 4. The van der Waals surface area contributed by atoms with Gasteiger partial charge in [-0.1, -0.05) is 33.7 Å². The van der Waals surface area contributed by atoms with Crippen LogP contribution in [0.1, 0.15) is 32.6 Å². The van der Waals surface area contributed by atoms with Gasteiger partial charge in [-0.2, -0.15) is 23.5 Å². The van der Waals surface area contributed by atoms with E-state index in [2.05, 4.69) is 25.9 Å². The highest BCUT2D eigenvalue weighted by atomic mass is 33.1. The fourth-order valence-electron chi connectivity index (χ4n) is 14.3. The van der Waals surface area contributed by atoms with Crippen LogP contribution in [0, 0.1) is 5.92 Å². The number of rotatable bonds is 37. The lowest BCUT2D eigenvalue weighted by atomic mass is 9.95. The van der Waals surface area contributed by atoms with Crippen molar-refractivity contribution in [2.45, 2.75) is 258 Å². The summed E-state index contributed by atoms with van der Waals surface area (Å²) >= 11 is 2.02. The number of nitrogens with one attached hydrogen (secondary N) is 3. The number of ketones is 2. The zero-order valence-electron chi connectivity index (χ0n) is 66.3. The standard InChI is InChI=1S/C73H113N5O38S6/c1-32(84)9-15-101-17-18-102-16-10-34(85)21-33(65(99)77-13-19-119-121-45-7-3-5-11-75-45)28-117-30-43-63-52(92)58(98)73(110-43)114-62-42(27-83)106-70(55(95)48(62)88)113-61-41(26-82)108-72(57(97)50(61)90)116-64-44(31-118-29-35(74-2)66(100)78-14-20-120-122-46-8-4-6-12-76-46)109-68(53(93)51(64)91)103-37-22-36(86)67(104-38(37)23-79)111-59-39(24-80)105-69(54(94)47(59)87)112-60-40(25-81)107-71(115-63)56(96)49(60)89/h3-8,11-12,33,35-44,47-64,67-74,79-83,86-98H,9-10,13-31H2,1-2H3,(H,77,99)(H,78,100)/t33-,35-,36?,37+,38?,39?,40?,41?,42?,43?,44?,47-,48-,49-,50-,51-,52-,53?,54?,55?,56?,57?,58?,59-,60-,61-,62-,63-,64-,67-,68-,69-,70+,71-,72+,73-/m1/s1. The Hall–Kier alpha value is -2.72. The number of nitrogens with zero attached hydrogens (tertiary/aromatic N) is 2. The summed E-state index contributed by atoms with van der Waals surface area (Å²) in [7, 11) is 7.18. The van der Waals surface area contributed by atoms with Crippen LogP contribution in [0.2, 0.25) is 0 Å². The lowest BCUT2D eigenvalue weighted by Gasteiger charge is -2.50. The highest BCUT2D eigenvalue weighted by molar-refractivity contribution is 8.77. The molecule has 2 amide bonds. The molecule has 23 heterocycles. The van der Waals surface area contributed by atoms with E-state index in [0.717, 1.165) is 28.5 Å². The van der Waals surface area contributed by atoms with Gasteiger partial charge in [-0.05, 0) is 59.8 Å². The van der Waals surface area contributed by atoms with E-state index < -0.39 is 278 Å². The molecule has 694 valence electrons. The second kappa shape index (κ2) is 50.6. The first-order valence-corrected chi connectivity index (χ1v) is 46.7. The Kier molecular flexibility index (Phi) is 42.1. The van der Waals surface area contributed by atoms with Crippen LogP contribution in [0.3, 0.4) is 0 Å². The van der Waals surface area contributed by atoms with Crippen molar-refractivity contribution in [3.63, 3.8) is 0 Å². The molecule has 2 aromatic rings. The van der Waals surface area contributed by atoms with Crippen molar-refractivity contribution < 1.29 is 187 Å². The number of likely N-dealkylation sites (N-methyl/N-ethyl adjacent to an activating group) is 1. The Labute approximate surface area is 725 Å². The molecule has 21 fully saturated rings. The molecule has 0 spiro atoms. The third-order valence-electron chi connectivity index (χ3n) is 21.0. The fraction of sp³-hybridized carbons (Fsp3) is 0.808. The van der Waals surface area contributed by atoms with Crippen molar-refractivity contribution in [2.24, 2.45) is 5.92 Å². The topological polar surface area (TPSA) is 642 Å². The van der Waals surface area contributed by atoms with Crippen LogP contribution in [-0.4, -0.2) is 454 Å². The second-order valence-electron chi connectivity index (χ2n) is 29.7. The molecule has 0 aliphatic carbocycles. The van der Waals surface area contributed by atoms with E-state index >= 15 is 0 Å². The quantitative estimate of drug-likeness (QED) is 0.0221. The molecule has 23 rings (SSSR count). The third kappa shape index (κ3) is 27.5. The van der Waals surface area contributed by atoms with Gasteiger partial charge in [0, 0.05) is 85.7 Å². The number of aliphatic hydroxyl groups excluding tert-OH is 18. The number of carbonyl (C=O) groups excluding carboxylic acids is 4. The molecule has 36 atom stereocenters. The minimum Gasteiger partial charge on any atom is -0.394 e. The number of thioether (sulfide) groups is 2. The van der Waals surface area contributed by atoms with Crippen LogP contribution in [-0.2, 0) is 95.0 Å². The van der Waals surface area contributed by atoms with Crippen molar-refractivity contribution in [1.29, 1.82) is 0 Å². The van der Waals surface area contributed by atoms with Gasteiger partial charge in [-0.3, -0.25) is 19.2 Å². The van der Waals surface area contributed by atoms with E-state index in [1.165, 1.54) is 50.1 Å². The predicted octanol–water partition coefficient (Wildman–Crippen LogP) is -8.25. The molecule has 0 saturated carbocycles. The number of aromatic nitrogens is 2. The van der Waals surface area contributed by atoms with Crippen LogP contribution in [0.25, 0.3) is 0 Å². The van der Waals surface area contributed by atoms with Crippen LogP contribution in [0.15, 0.2) is 58.8 Å². The summed E-state index contributed by atoms with van der Waals surface area (Å²) in [4.78, 5) is 61.3. The van der Waals surface area contributed by atoms with Crippen molar-refractivity contribution in [3.8, 4) is 0 Å². The molecule has 21 aliphatic rings. The maximum Gasteiger partial charge on any atom is 0.238 e. The van der Waals surface area contributed by atoms with Gasteiger partial charge in [0.2, 0.25) is 11.8 Å². The monoisotopic (exact) mass is 1860 g/mol. The van der Waals surface area contributed by atoms with Gasteiger partial charge < -0.3 is 184 Å². The molecule has 21 N–H and O–H groups in total. The van der Waals surface area contributed by atoms with Crippen LogP contribution >= 0.6 is 66.7 Å². The first-order chi connectivity index (χ1) is 58.7. The van der Waals surface area contributed by atoms with Gasteiger partial charge in [-0.25, -0.2) is 9.97 Å². The lowest BCUT2D eigenvalue weighted by molar-refractivity contribution is -0.394. The van der Waals surface area contributed by atoms with E-state index in [1.54, 1.807) is 37.6 Å². The van der Waals surface area contributed by atoms with Crippen molar-refractivity contribution in [1.82, 2.24) is 25.9 Å². The number of ether oxygens (including phenoxy) is 16. The molecule has 0 radical (unpaired) electrons. The molecular weight excluding hydrogens is 1750 g/mol. The summed E-state index contributed by atoms with van der Waals surface area (Å²) in [5, 5.41) is 219. The Balaban J connectivity index is 0.905. The van der Waals surface area contributed by atoms with Gasteiger partial charge in [0.15, 0.2) is 44.0 Å². The number of aliphatic hydroxyl groups is 18. The van der Waals surface area contributed by atoms with Crippen molar-refractivity contribution in [2.75, 3.05) is 114 Å². The molecule has 49 heteroatoms. The van der Waals surface area contributed by atoms with Gasteiger partial charge in [-0.15, -0.1) is 0 Å². The van der Waals surface area contributed by atoms with Gasteiger partial charge in [0.05, 0.1) is 89.7 Å². The molecule has 0 aromatic carbocycles. The highest BCUT2D eigenvalue weighted by Gasteiger charge is 2.59. The average Bonchev–Trinajstić information content (AvgIpc) is 0.790. The normalized spacial score (nSPS) is 39.0. The smallest absolute Gasteiger partial charge is 0.238 e. The zero-order valence-corrected chi connectivity index (χ0v) is 71.2. The highest BCUT2D eigenvalue weighted by Crippen LogP contribution is 2.41. The maximum absolute atomic E-state index is 14.2. The third-order valence-corrected chi connectivity index (χ3v) is 27.9. The number of amides is 2. The van der Waals surface area contributed by atoms with Crippen LogP contribution in [0.4, 0.5) is 0 Å². The zero-order chi connectivity index (χ0) is 87.8. The predicted molar refractivity (Wildman–Crippen MR) is 426 cm³/mol. The molecule has 43 nitrogen and oxygen atoms in total. The van der Waals surface area contributed by atoms with Crippen LogP contribution in [0.5, 0.6) is 0 Å². The Morgan fingerprint density at radius 3 is 1.16 bits per heavy atom. The summed E-state index contributed by atoms with van der Waals surface area (Å²) in [6, 6.07) is 9.98. The summed E-state index contributed by atoms with van der Waals surface area (Å²) in [6.45, 7) is -3.01. The van der Waals surface area contributed by atoms with E-state index in [4.69, 9.17) is 75.8 Å². The van der Waals surface area contributed by atoms with E-state index in [9.17, 15) is 111 Å². The number of hydrogen-bond donors (Lipinski definition) is 21. The van der Waals surface area contributed by atoms with Gasteiger partial charge >= 0.3 is 0 Å². The average molecular weight is 1860 g/mol. The van der Waals surface area contributed by atoms with E-state index in [-0.39, 0.29) is 87.6 Å². The molecule has 2 aromatic heterocycles. The molecule has 122 heavy (non-hydrogen) atoms. The maximum atomic E-state index is 14.2. The Bertz CT molecular complexity index is 3430. The molecule has 14 bridgehead atoms. The van der Waals surface area contributed by atoms with Gasteiger partial charge in [0.1, 0.15) is 168 Å². The van der Waals surface area contributed by atoms with Crippen molar-refractivity contribution in [3.05, 3.63) is 48.8 Å². The first kappa shape index (κ1) is 101. The summed E-state index contributed by atoms with van der Waals surface area (Å²) in [6.07, 6.45) is -64.6. The van der Waals surface area contributed by atoms with E-state index in [0.29, 0.717) is 16.5 Å². The minimum atomic E-state index is -2.29. The Morgan fingerprint density at radius 1 is 0.426 bits per heavy atom. The molecular formula is C73H113N5O38S6. The number of Topliss-reactive ketones (excluding diaryl/α,β-unsaturated/α-hetero) is 2. The first-order valence-electron chi connectivity index (χ1n) is 39.7. The summed E-state index contributed by atoms with van der Waals surface area (Å²) in [5.41, 5.74) is 0. The fourth-order valence-corrected chi connectivity index (χ4v) is 20.2. The number of hydrogen-bond acceptors (Lipinski definition) is 47. The Morgan fingerprint density at radius 2 is 0.779 bits per heavy atom. The second-order valence-corrected chi connectivity index (χ2v) is 36.7. The summed E-state index contributed by atoms with van der Waals surface area (Å²) < 4.78 is 96.1.